The summed E-state index contributed by atoms with van der Waals surface area (Å²) in [5, 5.41) is 5.65. The average Bonchev–Trinajstić information content (AvgIpc) is 3.24. The number of nitrogens with one attached hydrogen (secondary N) is 2. The summed E-state index contributed by atoms with van der Waals surface area (Å²) in [4.78, 5) is 25.1. The standard InChI is InChI=1S/C23H29N3O6S/c1-4-16(2)24-23(28)18-8-5-6-9-19(18)25-22(27)10-7-13-26(33(3,29)30)17-11-12-20-21(14-17)32-15-31-20/h5-6,8-9,11-12,14,16H,4,7,10,13,15H2,1-3H3,(H,24,28)(H,25,27)/t16-/m1/s1. The lowest BCUT2D eigenvalue weighted by Gasteiger charge is -2.22. The summed E-state index contributed by atoms with van der Waals surface area (Å²) in [6, 6.07) is 11.7. The molecule has 2 amide bonds. The summed E-state index contributed by atoms with van der Waals surface area (Å²) in [7, 11) is -3.57. The average molecular weight is 476 g/mol. The number of ether oxygens (including phenoxy) is 2. The van der Waals surface area contributed by atoms with Crippen molar-refractivity contribution in [2.45, 2.75) is 39.2 Å². The first-order valence-corrected chi connectivity index (χ1v) is 12.6. The number of nitrogens with zero attached hydrogens (tertiary/aromatic N) is 1. The van der Waals surface area contributed by atoms with Crippen molar-refractivity contribution in [1.82, 2.24) is 5.32 Å². The van der Waals surface area contributed by atoms with Gasteiger partial charge in [-0.05, 0) is 44.0 Å². The number of amides is 2. The number of carbonyl (C=O) groups is 2. The number of hydrogen-bond acceptors (Lipinski definition) is 6. The Kier molecular flexibility index (Phi) is 7.80. The molecule has 10 heteroatoms. The highest BCUT2D eigenvalue weighted by atomic mass is 32.2. The van der Waals surface area contributed by atoms with Gasteiger partial charge in [0.05, 0.1) is 23.2 Å². The summed E-state index contributed by atoms with van der Waals surface area (Å²) in [5.41, 5.74) is 1.23. The van der Waals surface area contributed by atoms with E-state index in [4.69, 9.17) is 9.47 Å². The van der Waals surface area contributed by atoms with Crippen LogP contribution in [0.4, 0.5) is 11.4 Å². The SMILES string of the molecule is CC[C@@H](C)NC(=O)c1ccccc1NC(=O)CCCN(c1ccc2c(c1)OCO2)S(C)(=O)=O. The van der Waals surface area contributed by atoms with E-state index in [2.05, 4.69) is 10.6 Å². The van der Waals surface area contributed by atoms with Gasteiger partial charge in [0.1, 0.15) is 0 Å². The fourth-order valence-corrected chi connectivity index (χ4v) is 4.27. The minimum absolute atomic E-state index is 0.0133. The van der Waals surface area contributed by atoms with E-state index in [0.717, 1.165) is 12.7 Å². The summed E-state index contributed by atoms with van der Waals surface area (Å²) in [6.07, 6.45) is 2.27. The highest BCUT2D eigenvalue weighted by Crippen LogP contribution is 2.36. The van der Waals surface area contributed by atoms with E-state index in [0.29, 0.717) is 28.4 Å². The Labute approximate surface area is 194 Å². The van der Waals surface area contributed by atoms with Crippen LogP contribution in [0, 0.1) is 0 Å². The van der Waals surface area contributed by atoms with Crippen LogP contribution in [0.5, 0.6) is 11.5 Å². The quantitative estimate of drug-likeness (QED) is 0.546. The van der Waals surface area contributed by atoms with E-state index in [1.165, 1.54) is 4.31 Å². The molecule has 1 aliphatic rings. The number of rotatable bonds is 10. The molecule has 0 radical (unpaired) electrons. The van der Waals surface area contributed by atoms with Crippen molar-refractivity contribution in [3.05, 3.63) is 48.0 Å². The number of fused-ring (bicyclic) bond motifs is 1. The third-order valence-electron chi connectivity index (χ3n) is 5.25. The maximum atomic E-state index is 12.5. The van der Waals surface area contributed by atoms with Crippen molar-refractivity contribution >= 4 is 33.2 Å². The van der Waals surface area contributed by atoms with Gasteiger partial charge in [-0.1, -0.05) is 19.1 Å². The molecule has 0 aromatic heterocycles. The summed E-state index contributed by atoms with van der Waals surface area (Å²) >= 11 is 0. The van der Waals surface area contributed by atoms with Crippen molar-refractivity contribution in [3.8, 4) is 11.5 Å². The second-order valence-corrected chi connectivity index (χ2v) is 9.76. The Morgan fingerprint density at radius 1 is 1.12 bits per heavy atom. The van der Waals surface area contributed by atoms with Crippen molar-refractivity contribution in [2.75, 3.05) is 29.2 Å². The molecular formula is C23H29N3O6S. The molecular weight excluding hydrogens is 446 g/mol. The Bertz CT molecular complexity index is 1120. The third-order valence-corrected chi connectivity index (χ3v) is 6.44. The number of hydrogen-bond donors (Lipinski definition) is 2. The first-order valence-electron chi connectivity index (χ1n) is 10.8. The van der Waals surface area contributed by atoms with Crippen molar-refractivity contribution in [1.29, 1.82) is 0 Å². The van der Waals surface area contributed by atoms with Crippen LogP contribution in [0.3, 0.4) is 0 Å². The van der Waals surface area contributed by atoms with E-state index in [-0.39, 0.29) is 44.0 Å². The van der Waals surface area contributed by atoms with Gasteiger partial charge in [0, 0.05) is 25.1 Å². The molecule has 0 saturated heterocycles. The highest BCUT2D eigenvalue weighted by Gasteiger charge is 2.22. The van der Waals surface area contributed by atoms with Crippen LogP contribution in [-0.4, -0.2) is 45.9 Å². The van der Waals surface area contributed by atoms with Gasteiger partial charge in [-0.2, -0.15) is 0 Å². The Balaban J connectivity index is 1.62. The fraction of sp³-hybridized carbons (Fsp3) is 0.391. The van der Waals surface area contributed by atoms with Gasteiger partial charge >= 0.3 is 0 Å². The molecule has 1 atom stereocenters. The molecule has 0 fully saturated rings. The van der Waals surface area contributed by atoms with Gasteiger partial charge in [0.25, 0.3) is 5.91 Å². The second kappa shape index (κ2) is 10.6. The molecule has 2 aromatic rings. The maximum Gasteiger partial charge on any atom is 0.253 e. The lowest BCUT2D eigenvalue weighted by molar-refractivity contribution is -0.116. The van der Waals surface area contributed by atoms with E-state index in [9.17, 15) is 18.0 Å². The number of benzene rings is 2. The van der Waals surface area contributed by atoms with Crippen LogP contribution in [0.25, 0.3) is 0 Å². The molecule has 9 nitrogen and oxygen atoms in total. The van der Waals surface area contributed by atoms with E-state index in [1.807, 2.05) is 13.8 Å². The van der Waals surface area contributed by atoms with Crippen LogP contribution in [0.15, 0.2) is 42.5 Å². The molecule has 0 unspecified atom stereocenters. The monoisotopic (exact) mass is 475 g/mol. The molecule has 33 heavy (non-hydrogen) atoms. The number of anilines is 2. The lowest BCUT2D eigenvalue weighted by Crippen LogP contribution is -2.33. The first-order chi connectivity index (χ1) is 15.7. The predicted octanol–water partition coefficient (Wildman–Crippen LogP) is 3.13. The Hall–Kier alpha value is -3.27. The van der Waals surface area contributed by atoms with Gasteiger partial charge < -0.3 is 20.1 Å². The smallest absolute Gasteiger partial charge is 0.253 e. The molecule has 178 valence electrons. The third kappa shape index (κ3) is 6.38. The Morgan fingerprint density at radius 3 is 2.58 bits per heavy atom. The van der Waals surface area contributed by atoms with E-state index in [1.54, 1.807) is 42.5 Å². The molecule has 0 spiro atoms. The predicted molar refractivity (Wildman–Crippen MR) is 126 cm³/mol. The van der Waals surface area contributed by atoms with Crippen molar-refractivity contribution < 1.29 is 27.5 Å². The molecule has 0 aliphatic carbocycles. The number of carbonyl (C=O) groups excluding carboxylic acids is 2. The fourth-order valence-electron chi connectivity index (χ4n) is 3.32. The minimum Gasteiger partial charge on any atom is -0.454 e. The topological polar surface area (TPSA) is 114 Å². The van der Waals surface area contributed by atoms with Crippen molar-refractivity contribution in [2.24, 2.45) is 0 Å². The molecule has 0 bridgehead atoms. The number of para-hydroxylation sites is 1. The summed E-state index contributed by atoms with van der Waals surface area (Å²) < 4.78 is 36.5. The zero-order valence-corrected chi connectivity index (χ0v) is 19.8. The summed E-state index contributed by atoms with van der Waals surface area (Å²) in [6.45, 7) is 4.09. The van der Waals surface area contributed by atoms with Crippen molar-refractivity contribution in [3.63, 3.8) is 0 Å². The normalized spacial score (nSPS) is 13.3. The van der Waals surface area contributed by atoms with Crippen LogP contribution >= 0.6 is 0 Å². The maximum absolute atomic E-state index is 12.5. The van der Waals surface area contributed by atoms with Gasteiger partial charge in [-0.3, -0.25) is 13.9 Å². The van der Waals surface area contributed by atoms with Crippen LogP contribution in [-0.2, 0) is 14.8 Å². The summed E-state index contributed by atoms with van der Waals surface area (Å²) in [5.74, 6) is 0.470. The number of sulfonamides is 1. The molecule has 0 saturated carbocycles. The van der Waals surface area contributed by atoms with Gasteiger partial charge in [-0.25, -0.2) is 8.42 Å². The minimum atomic E-state index is -3.57. The zero-order valence-electron chi connectivity index (χ0n) is 19.0. The molecule has 2 aromatic carbocycles. The Morgan fingerprint density at radius 2 is 1.85 bits per heavy atom. The second-order valence-electron chi connectivity index (χ2n) is 7.85. The lowest BCUT2D eigenvalue weighted by atomic mass is 10.1. The van der Waals surface area contributed by atoms with E-state index < -0.39 is 10.0 Å². The molecule has 1 heterocycles. The van der Waals surface area contributed by atoms with E-state index >= 15 is 0 Å². The van der Waals surface area contributed by atoms with Gasteiger partial charge in [0.2, 0.25) is 22.7 Å². The highest BCUT2D eigenvalue weighted by molar-refractivity contribution is 7.92. The van der Waals surface area contributed by atoms with Gasteiger partial charge in [-0.15, -0.1) is 0 Å². The molecule has 3 rings (SSSR count). The zero-order chi connectivity index (χ0) is 24.0. The first kappa shape index (κ1) is 24.4. The molecule has 1 aliphatic heterocycles. The van der Waals surface area contributed by atoms with Crippen LogP contribution < -0.4 is 24.4 Å². The van der Waals surface area contributed by atoms with Crippen LogP contribution in [0.1, 0.15) is 43.5 Å². The van der Waals surface area contributed by atoms with Gasteiger partial charge in [0.15, 0.2) is 11.5 Å². The molecule has 2 N–H and O–H groups in total. The largest absolute Gasteiger partial charge is 0.454 e. The van der Waals surface area contributed by atoms with Crippen LogP contribution in [0.2, 0.25) is 0 Å².